The molecule has 4 heteroatoms. The number of benzene rings is 1. The van der Waals surface area contributed by atoms with Gasteiger partial charge in [-0.3, -0.25) is 0 Å². The van der Waals surface area contributed by atoms with Crippen LogP contribution in [-0.2, 0) is 11.3 Å². The fraction of sp³-hybridized carbons (Fsp3) is 0.533. The fourth-order valence-electron chi connectivity index (χ4n) is 1.64. The Morgan fingerprint density at radius 2 is 2.21 bits per heavy atom. The van der Waals surface area contributed by atoms with E-state index in [1.165, 1.54) is 0 Å². The predicted octanol–water partition coefficient (Wildman–Crippen LogP) is 3.04. The SMILES string of the molecule is COCCSc1ccc(CNCC(C)C)cc1C#N. The van der Waals surface area contributed by atoms with Crippen molar-refractivity contribution in [2.75, 3.05) is 26.0 Å². The molecule has 0 unspecified atom stereocenters. The second-order valence-electron chi connectivity index (χ2n) is 4.81. The smallest absolute Gasteiger partial charge is 0.100 e. The van der Waals surface area contributed by atoms with Gasteiger partial charge in [0.15, 0.2) is 0 Å². The van der Waals surface area contributed by atoms with Crippen molar-refractivity contribution >= 4 is 11.8 Å². The van der Waals surface area contributed by atoms with Gasteiger partial charge in [0.05, 0.1) is 12.2 Å². The number of hydrogen-bond acceptors (Lipinski definition) is 4. The molecule has 0 fully saturated rings. The number of thioether (sulfide) groups is 1. The average molecular weight is 278 g/mol. The van der Waals surface area contributed by atoms with Gasteiger partial charge < -0.3 is 10.1 Å². The van der Waals surface area contributed by atoms with E-state index in [2.05, 4.69) is 31.3 Å². The van der Waals surface area contributed by atoms with Gasteiger partial charge in [-0.25, -0.2) is 0 Å². The molecule has 0 saturated carbocycles. The van der Waals surface area contributed by atoms with Crippen molar-refractivity contribution < 1.29 is 4.74 Å². The van der Waals surface area contributed by atoms with Crippen LogP contribution in [0.3, 0.4) is 0 Å². The van der Waals surface area contributed by atoms with Crippen LogP contribution in [0.4, 0.5) is 0 Å². The second kappa shape index (κ2) is 8.98. The molecule has 0 bridgehead atoms. The van der Waals surface area contributed by atoms with Crippen LogP contribution < -0.4 is 5.32 Å². The summed E-state index contributed by atoms with van der Waals surface area (Å²) in [6, 6.07) is 8.37. The Hall–Kier alpha value is -1.02. The van der Waals surface area contributed by atoms with Crippen LogP contribution >= 0.6 is 11.8 Å². The summed E-state index contributed by atoms with van der Waals surface area (Å²) in [5.41, 5.74) is 1.92. The molecule has 0 saturated heterocycles. The molecule has 3 nitrogen and oxygen atoms in total. The van der Waals surface area contributed by atoms with Crippen LogP contribution in [0.2, 0.25) is 0 Å². The van der Waals surface area contributed by atoms with E-state index in [-0.39, 0.29) is 0 Å². The summed E-state index contributed by atoms with van der Waals surface area (Å²) in [5.74, 6) is 1.51. The van der Waals surface area contributed by atoms with Gasteiger partial charge in [-0.2, -0.15) is 5.26 Å². The van der Waals surface area contributed by atoms with Crippen LogP contribution in [0.25, 0.3) is 0 Å². The molecule has 0 aliphatic rings. The topological polar surface area (TPSA) is 45.0 Å². The Bertz CT molecular complexity index is 427. The zero-order valence-electron chi connectivity index (χ0n) is 11.9. The lowest BCUT2D eigenvalue weighted by molar-refractivity contribution is 0.218. The number of rotatable bonds is 8. The number of hydrogen-bond donors (Lipinski definition) is 1. The first-order valence-corrected chi connectivity index (χ1v) is 7.51. The number of ether oxygens (including phenoxy) is 1. The summed E-state index contributed by atoms with van der Waals surface area (Å²) in [7, 11) is 1.69. The molecule has 1 aromatic carbocycles. The minimum Gasteiger partial charge on any atom is -0.384 e. The monoisotopic (exact) mass is 278 g/mol. The van der Waals surface area contributed by atoms with Gasteiger partial charge in [0, 0.05) is 24.3 Å². The molecule has 0 radical (unpaired) electrons. The van der Waals surface area contributed by atoms with Crippen LogP contribution in [0.1, 0.15) is 25.0 Å². The molecule has 0 aliphatic carbocycles. The van der Waals surface area contributed by atoms with Gasteiger partial charge in [-0.05, 0) is 30.2 Å². The zero-order valence-corrected chi connectivity index (χ0v) is 12.7. The average Bonchev–Trinajstić information content (AvgIpc) is 2.39. The van der Waals surface area contributed by atoms with E-state index in [0.29, 0.717) is 12.5 Å². The molecule has 0 aromatic heterocycles. The van der Waals surface area contributed by atoms with E-state index < -0.39 is 0 Å². The third-order valence-electron chi connectivity index (χ3n) is 2.59. The highest BCUT2D eigenvalue weighted by molar-refractivity contribution is 7.99. The summed E-state index contributed by atoms with van der Waals surface area (Å²) in [6.07, 6.45) is 0. The van der Waals surface area contributed by atoms with Crippen LogP contribution in [0.15, 0.2) is 23.1 Å². The Morgan fingerprint density at radius 1 is 1.42 bits per heavy atom. The fourth-order valence-corrected chi connectivity index (χ4v) is 2.53. The maximum absolute atomic E-state index is 9.20. The molecule has 104 valence electrons. The Balaban J connectivity index is 2.60. The molecular weight excluding hydrogens is 256 g/mol. The quantitative estimate of drug-likeness (QED) is 0.586. The highest BCUT2D eigenvalue weighted by atomic mass is 32.2. The van der Waals surface area contributed by atoms with Gasteiger partial charge in [-0.1, -0.05) is 19.9 Å². The van der Waals surface area contributed by atoms with Crippen molar-refractivity contribution in [1.29, 1.82) is 5.26 Å². The van der Waals surface area contributed by atoms with E-state index in [1.807, 2.05) is 12.1 Å². The first-order valence-electron chi connectivity index (χ1n) is 6.52. The molecule has 19 heavy (non-hydrogen) atoms. The molecule has 0 aliphatic heterocycles. The van der Waals surface area contributed by atoms with Gasteiger partial charge >= 0.3 is 0 Å². The van der Waals surface area contributed by atoms with E-state index in [0.717, 1.165) is 34.9 Å². The molecule has 0 atom stereocenters. The third-order valence-corrected chi connectivity index (χ3v) is 3.63. The standard InChI is InChI=1S/C15H22N2OS/c1-12(2)10-17-11-13-4-5-15(14(8-13)9-16)19-7-6-18-3/h4-5,8,12,17H,6-7,10-11H2,1-3H3. The Morgan fingerprint density at radius 3 is 2.84 bits per heavy atom. The summed E-state index contributed by atoms with van der Waals surface area (Å²) in [4.78, 5) is 1.03. The number of nitrogens with one attached hydrogen (secondary N) is 1. The summed E-state index contributed by atoms with van der Waals surface area (Å²) in [5, 5.41) is 12.6. The van der Waals surface area contributed by atoms with E-state index in [9.17, 15) is 5.26 Å². The van der Waals surface area contributed by atoms with Gasteiger partial charge in [-0.15, -0.1) is 11.8 Å². The molecule has 1 aromatic rings. The van der Waals surface area contributed by atoms with E-state index >= 15 is 0 Å². The maximum atomic E-state index is 9.20. The molecule has 0 heterocycles. The van der Waals surface area contributed by atoms with Crippen molar-refractivity contribution in [2.24, 2.45) is 5.92 Å². The predicted molar refractivity (Wildman–Crippen MR) is 80.3 cm³/mol. The third kappa shape index (κ3) is 6.11. The van der Waals surface area contributed by atoms with Crippen molar-refractivity contribution in [3.8, 4) is 6.07 Å². The number of nitriles is 1. The number of methoxy groups -OCH3 is 1. The lowest BCUT2D eigenvalue weighted by Gasteiger charge is -2.09. The van der Waals surface area contributed by atoms with Crippen LogP contribution in [-0.4, -0.2) is 26.0 Å². The highest BCUT2D eigenvalue weighted by Crippen LogP contribution is 2.23. The van der Waals surface area contributed by atoms with E-state index in [1.54, 1.807) is 18.9 Å². The molecular formula is C15H22N2OS. The molecule has 0 amide bonds. The Kier molecular flexibility index (Phi) is 7.57. The van der Waals surface area contributed by atoms with Crippen molar-refractivity contribution in [1.82, 2.24) is 5.32 Å². The molecule has 0 spiro atoms. The first-order chi connectivity index (χ1) is 9.17. The van der Waals surface area contributed by atoms with E-state index in [4.69, 9.17) is 4.74 Å². The summed E-state index contributed by atoms with van der Waals surface area (Å²) < 4.78 is 5.02. The van der Waals surface area contributed by atoms with Gasteiger partial charge in [0.2, 0.25) is 0 Å². The van der Waals surface area contributed by atoms with Gasteiger partial charge in [0.25, 0.3) is 0 Å². The van der Waals surface area contributed by atoms with Crippen LogP contribution in [0.5, 0.6) is 0 Å². The largest absolute Gasteiger partial charge is 0.384 e. The highest BCUT2D eigenvalue weighted by Gasteiger charge is 2.04. The summed E-state index contributed by atoms with van der Waals surface area (Å²) in [6.45, 7) is 6.88. The minimum absolute atomic E-state index is 0.638. The zero-order chi connectivity index (χ0) is 14.1. The molecule has 1 rings (SSSR count). The summed E-state index contributed by atoms with van der Waals surface area (Å²) >= 11 is 1.67. The second-order valence-corrected chi connectivity index (χ2v) is 5.95. The normalized spacial score (nSPS) is 10.7. The Labute approximate surface area is 120 Å². The minimum atomic E-state index is 0.638. The van der Waals surface area contributed by atoms with Crippen LogP contribution in [0, 0.1) is 17.2 Å². The van der Waals surface area contributed by atoms with Crippen molar-refractivity contribution in [2.45, 2.75) is 25.3 Å². The van der Waals surface area contributed by atoms with Gasteiger partial charge in [0.1, 0.15) is 6.07 Å². The van der Waals surface area contributed by atoms with Crippen molar-refractivity contribution in [3.63, 3.8) is 0 Å². The first kappa shape index (κ1) is 16.0. The lowest BCUT2D eigenvalue weighted by Crippen LogP contribution is -2.18. The van der Waals surface area contributed by atoms with Crippen molar-refractivity contribution in [3.05, 3.63) is 29.3 Å². The molecule has 1 N–H and O–H groups in total. The number of nitrogens with zero attached hydrogens (tertiary/aromatic N) is 1. The maximum Gasteiger partial charge on any atom is 0.100 e. The lowest BCUT2D eigenvalue weighted by atomic mass is 10.1.